The number of rotatable bonds is 5. The van der Waals surface area contributed by atoms with Gasteiger partial charge >= 0.3 is 5.95 Å². The SMILES string of the molecule is NNc1ccc([N+](=O)[O-])cc1Cn1nc([N+](=O)[O-])nc1Br. The molecule has 21 heavy (non-hydrogen) atoms. The van der Waals surface area contributed by atoms with E-state index >= 15 is 0 Å². The molecular formula is C9H8BrN7O4. The first-order chi connectivity index (χ1) is 9.92. The van der Waals surface area contributed by atoms with Gasteiger partial charge in [-0.25, -0.2) is 0 Å². The molecule has 0 saturated heterocycles. The minimum absolute atomic E-state index is 0.0165. The summed E-state index contributed by atoms with van der Waals surface area (Å²) in [6.45, 7) is 0.0165. The summed E-state index contributed by atoms with van der Waals surface area (Å²) in [5, 5.41) is 25.1. The summed E-state index contributed by atoms with van der Waals surface area (Å²) in [6, 6.07) is 4.03. The minimum atomic E-state index is -0.739. The highest BCUT2D eigenvalue weighted by molar-refractivity contribution is 9.10. The van der Waals surface area contributed by atoms with Crippen LogP contribution in [0.4, 0.5) is 17.3 Å². The Hall–Kier alpha value is -2.60. The molecule has 0 aliphatic heterocycles. The van der Waals surface area contributed by atoms with E-state index in [-0.39, 0.29) is 17.0 Å². The van der Waals surface area contributed by atoms with Gasteiger partial charge in [0, 0.05) is 38.7 Å². The molecule has 1 aromatic heterocycles. The van der Waals surface area contributed by atoms with Crippen molar-refractivity contribution in [3.8, 4) is 0 Å². The molecular weight excluding hydrogens is 350 g/mol. The number of nitrogens with two attached hydrogens (primary N) is 1. The van der Waals surface area contributed by atoms with Crippen LogP contribution < -0.4 is 11.3 Å². The van der Waals surface area contributed by atoms with E-state index in [0.717, 1.165) is 0 Å². The van der Waals surface area contributed by atoms with Gasteiger partial charge in [0.2, 0.25) is 0 Å². The first-order valence-electron chi connectivity index (χ1n) is 5.41. The van der Waals surface area contributed by atoms with Crippen molar-refractivity contribution in [3.63, 3.8) is 0 Å². The number of nitrogens with one attached hydrogen (secondary N) is 1. The quantitative estimate of drug-likeness (QED) is 0.459. The van der Waals surface area contributed by atoms with Gasteiger partial charge in [0.15, 0.2) is 0 Å². The number of aromatic nitrogens is 3. The Bertz CT molecular complexity index is 716. The first kappa shape index (κ1) is 14.8. The number of nitrogen functional groups attached to an aromatic ring is 1. The highest BCUT2D eigenvalue weighted by Gasteiger charge is 2.21. The van der Waals surface area contributed by atoms with Crippen LogP contribution >= 0.6 is 15.9 Å². The van der Waals surface area contributed by atoms with Gasteiger partial charge in [0.05, 0.1) is 17.2 Å². The van der Waals surface area contributed by atoms with Crippen molar-refractivity contribution in [2.24, 2.45) is 5.84 Å². The standard InChI is InChI=1S/C9H8BrN7O4/c10-8-12-9(17(20)21)14-15(8)4-5-3-6(16(18)19)1-2-7(5)13-11/h1-3,13H,4,11H2. The number of nitrogens with zero attached hydrogens (tertiary/aromatic N) is 5. The van der Waals surface area contributed by atoms with Gasteiger partial charge < -0.3 is 15.5 Å². The Morgan fingerprint density at radius 2 is 2.05 bits per heavy atom. The fraction of sp³-hybridized carbons (Fsp3) is 0.111. The Balaban J connectivity index is 2.40. The second kappa shape index (κ2) is 5.80. The summed E-state index contributed by atoms with van der Waals surface area (Å²) >= 11 is 3.04. The van der Waals surface area contributed by atoms with Crippen LogP contribution in [0, 0.1) is 20.2 Å². The number of nitro benzene ring substituents is 1. The molecule has 12 heteroatoms. The molecule has 0 saturated carbocycles. The normalized spacial score (nSPS) is 10.4. The second-order valence-electron chi connectivity index (χ2n) is 3.84. The molecule has 0 aliphatic carbocycles. The molecule has 1 aromatic carbocycles. The van der Waals surface area contributed by atoms with Crippen LogP contribution in [0.15, 0.2) is 22.9 Å². The molecule has 0 radical (unpaired) electrons. The average molecular weight is 358 g/mol. The van der Waals surface area contributed by atoms with Crippen LogP contribution in [-0.4, -0.2) is 24.6 Å². The van der Waals surface area contributed by atoms with Gasteiger partial charge in [-0.2, -0.15) is 4.68 Å². The molecule has 0 bridgehead atoms. The molecule has 11 nitrogen and oxygen atoms in total. The van der Waals surface area contributed by atoms with Gasteiger partial charge in [-0.1, -0.05) is 0 Å². The molecule has 2 rings (SSSR count). The highest BCUT2D eigenvalue weighted by atomic mass is 79.9. The van der Waals surface area contributed by atoms with Crippen molar-refractivity contribution in [1.29, 1.82) is 0 Å². The summed E-state index contributed by atoms with van der Waals surface area (Å²) in [4.78, 5) is 23.7. The lowest BCUT2D eigenvalue weighted by atomic mass is 10.1. The van der Waals surface area contributed by atoms with E-state index in [0.29, 0.717) is 11.3 Å². The van der Waals surface area contributed by atoms with Crippen molar-refractivity contribution in [2.75, 3.05) is 5.43 Å². The Kier molecular flexibility index (Phi) is 4.09. The van der Waals surface area contributed by atoms with Gasteiger partial charge in [0.25, 0.3) is 10.4 Å². The van der Waals surface area contributed by atoms with Crippen molar-refractivity contribution >= 4 is 33.3 Å². The maximum Gasteiger partial charge on any atom is 0.492 e. The summed E-state index contributed by atoms with van der Waals surface area (Å²) in [7, 11) is 0. The van der Waals surface area contributed by atoms with Crippen LogP contribution in [0.25, 0.3) is 0 Å². The number of benzene rings is 1. The van der Waals surface area contributed by atoms with E-state index in [4.69, 9.17) is 5.84 Å². The lowest BCUT2D eigenvalue weighted by Crippen LogP contribution is -2.12. The van der Waals surface area contributed by atoms with E-state index in [1.807, 2.05) is 0 Å². The molecule has 0 aliphatic rings. The summed E-state index contributed by atoms with van der Waals surface area (Å²) in [5.41, 5.74) is 3.14. The summed E-state index contributed by atoms with van der Waals surface area (Å²) in [5.74, 6) is 4.76. The third-order valence-corrected chi connectivity index (χ3v) is 3.14. The number of anilines is 1. The molecule has 1 heterocycles. The average Bonchev–Trinajstić information content (AvgIpc) is 2.80. The fourth-order valence-electron chi connectivity index (χ4n) is 1.62. The number of non-ortho nitro benzene ring substituents is 1. The Labute approximate surface area is 125 Å². The zero-order valence-corrected chi connectivity index (χ0v) is 11.8. The number of halogens is 1. The zero-order valence-electron chi connectivity index (χ0n) is 10.3. The van der Waals surface area contributed by atoms with Crippen LogP contribution in [0.1, 0.15) is 5.56 Å². The van der Waals surface area contributed by atoms with E-state index in [1.165, 1.54) is 22.9 Å². The topological polar surface area (TPSA) is 155 Å². The predicted octanol–water partition coefficient (Wildman–Crippen LogP) is 1.19. The molecule has 3 N–H and O–H groups in total. The molecule has 2 aromatic rings. The Morgan fingerprint density at radius 1 is 1.33 bits per heavy atom. The van der Waals surface area contributed by atoms with Crippen molar-refractivity contribution in [3.05, 3.63) is 48.7 Å². The van der Waals surface area contributed by atoms with E-state index in [1.54, 1.807) is 0 Å². The van der Waals surface area contributed by atoms with Crippen LogP contribution in [0.2, 0.25) is 0 Å². The van der Waals surface area contributed by atoms with Gasteiger partial charge in [-0.15, -0.1) is 0 Å². The Morgan fingerprint density at radius 3 is 2.57 bits per heavy atom. The number of hydrogen-bond donors (Lipinski definition) is 2. The largest absolute Gasteiger partial charge is 0.492 e. The monoisotopic (exact) mass is 357 g/mol. The molecule has 110 valence electrons. The fourth-order valence-corrected chi connectivity index (χ4v) is 1.98. The van der Waals surface area contributed by atoms with Crippen molar-refractivity contribution in [2.45, 2.75) is 6.54 Å². The molecule has 0 fully saturated rings. The number of hydrazine groups is 1. The maximum absolute atomic E-state index is 10.8. The van der Waals surface area contributed by atoms with E-state index in [9.17, 15) is 20.2 Å². The minimum Gasteiger partial charge on any atom is -0.390 e. The predicted molar refractivity (Wildman–Crippen MR) is 74.4 cm³/mol. The zero-order chi connectivity index (χ0) is 15.6. The third kappa shape index (κ3) is 3.11. The lowest BCUT2D eigenvalue weighted by Gasteiger charge is -2.07. The molecule has 0 amide bonds. The van der Waals surface area contributed by atoms with Crippen LogP contribution in [0.3, 0.4) is 0 Å². The summed E-state index contributed by atoms with van der Waals surface area (Å²) < 4.78 is 1.32. The van der Waals surface area contributed by atoms with E-state index in [2.05, 4.69) is 31.4 Å². The third-order valence-electron chi connectivity index (χ3n) is 2.55. The molecule has 0 spiro atoms. The summed E-state index contributed by atoms with van der Waals surface area (Å²) in [6.07, 6.45) is 0. The van der Waals surface area contributed by atoms with Crippen LogP contribution in [-0.2, 0) is 6.54 Å². The second-order valence-corrected chi connectivity index (χ2v) is 4.55. The van der Waals surface area contributed by atoms with Gasteiger partial charge in [-0.3, -0.25) is 16.0 Å². The highest BCUT2D eigenvalue weighted by Crippen LogP contribution is 2.23. The number of nitro groups is 2. The van der Waals surface area contributed by atoms with Crippen molar-refractivity contribution < 1.29 is 9.85 Å². The lowest BCUT2D eigenvalue weighted by molar-refractivity contribution is -0.394. The molecule has 0 atom stereocenters. The van der Waals surface area contributed by atoms with Gasteiger partial charge in [-0.05, 0) is 16.0 Å². The smallest absolute Gasteiger partial charge is 0.390 e. The number of hydrogen-bond acceptors (Lipinski definition) is 8. The molecule has 0 unspecified atom stereocenters. The van der Waals surface area contributed by atoms with Gasteiger partial charge in [0.1, 0.15) is 0 Å². The van der Waals surface area contributed by atoms with Crippen molar-refractivity contribution in [1.82, 2.24) is 14.8 Å². The first-order valence-corrected chi connectivity index (χ1v) is 6.20. The van der Waals surface area contributed by atoms with E-state index < -0.39 is 15.8 Å². The van der Waals surface area contributed by atoms with Crippen LogP contribution in [0.5, 0.6) is 0 Å². The maximum atomic E-state index is 10.8.